The van der Waals surface area contributed by atoms with Gasteiger partial charge in [-0.1, -0.05) is 6.07 Å². The first-order valence-electron chi connectivity index (χ1n) is 11.9. The van der Waals surface area contributed by atoms with Crippen molar-refractivity contribution in [1.29, 1.82) is 0 Å². The molecule has 11 heteroatoms. The standard InChI is InChI=1S/C26H28F2N6O3/c1-14(2)21(28)11-31-26(37)23-8-19(27)12-33(23)24(36)13-34-22-6-5-17(18-9-29-16(4)30-10-18)7-20(22)25(32-34)15(3)35/h5-7,9-10,19,23H,8,11-13H2,1-4H3,(H,31,37)/t19-,23+/m1/s1. The molecule has 2 amide bonds. The summed E-state index contributed by atoms with van der Waals surface area (Å²) in [5, 5.41) is 7.35. The topological polar surface area (TPSA) is 110 Å². The van der Waals surface area contributed by atoms with Crippen molar-refractivity contribution in [2.45, 2.75) is 52.9 Å². The van der Waals surface area contributed by atoms with E-state index in [2.05, 4.69) is 20.4 Å². The molecule has 3 heterocycles. The van der Waals surface area contributed by atoms with E-state index in [1.807, 2.05) is 6.07 Å². The van der Waals surface area contributed by atoms with Crippen LogP contribution in [0.15, 0.2) is 42.0 Å². The second kappa shape index (κ2) is 10.5. The van der Waals surface area contributed by atoms with Crippen LogP contribution in [0, 0.1) is 6.92 Å². The van der Waals surface area contributed by atoms with Crippen molar-refractivity contribution in [2.24, 2.45) is 0 Å². The van der Waals surface area contributed by atoms with Gasteiger partial charge in [-0.05, 0) is 44.0 Å². The summed E-state index contributed by atoms with van der Waals surface area (Å²) in [6.45, 7) is 5.45. The first kappa shape index (κ1) is 26.1. The number of hydrogen-bond acceptors (Lipinski definition) is 6. The molecule has 0 unspecified atom stereocenters. The number of alkyl halides is 1. The van der Waals surface area contributed by atoms with Gasteiger partial charge >= 0.3 is 0 Å². The van der Waals surface area contributed by atoms with Crippen molar-refractivity contribution in [2.75, 3.05) is 13.1 Å². The Kier molecular flexibility index (Phi) is 7.42. The molecule has 37 heavy (non-hydrogen) atoms. The van der Waals surface area contributed by atoms with Crippen molar-refractivity contribution in [3.05, 3.63) is 53.5 Å². The van der Waals surface area contributed by atoms with Crippen molar-refractivity contribution >= 4 is 28.5 Å². The van der Waals surface area contributed by atoms with Crippen LogP contribution < -0.4 is 5.32 Å². The molecule has 2 aromatic heterocycles. The third-order valence-corrected chi connectivity index (χ3v) is 6.32. The summed E-state index contributed by atoms with van der Waals surface area (Å²) >= 11 is 0. The van der Waals surface area contributed by atoms with Gasteiger partial charge in [0.05, 0.1) is 18.6 Å². The van der Waals surface area contributed by atoms with Gasteiger partial charge in [0.2, 0.25) is 11.8 Å². The summed E-state index contributed by atoms with van der Waals surface area (Å²) in [6, 6.07) is 4.28. The van der Waals surface area contributed by atoms with E-state index in [0.717, 1.165) is 16.0 Å². The number of amides is 2. The van der Waals surface area contributed by atoms with Crippen LogP contribution in [0.2, 0.25) is 0 Å². The molecule has 1 N–H and O–H groups in total. The third-order valence-electron chi connectivity index (χ3n) is 6.32. The van der Waals surface area contributed by atoms with Crippen LogP contribution in [0.25, 0.3) is 22.0 Å². The van der Waals surface area contributed by atoms with E-state index >= 15 is 0 Å². The number of benzene rings is 1. The van der Waals surface area contributed by atoms with Gasteiger partial charge < -0.3 is 10.2 Å². The van der Waals surface area contributed by atoms with Crippen molar-refractivity contribution in [1.82, 2.24) is 30.0 Å². The molecule has 0 bridgehead atoms. The van der Waals surface area contributed by atoms with Gasteiger partial charge in [0.15, 0.2) is 5.78 Å². The largest absolute Gasteiger partial charge is 0.348 e. The molecule has 1 fully saturated rings. The molecular formula is C26H28F2N6O3. The number of aromatic nitrogens is 4. The average molecular weight is 511 g/mol. The lowest BCUT2D eigenvalue weighted by Gasteiger charge is -2.23. The lowest BCUT2D eigenvalue weighted by atomic mass is 10.0. The summed E-state index contributed by atoms with van der Waals surface area (Å²) in [6.07, 6.45) is 1.81. The normalized spacial score (nSPS) is 17.2. The number of hydrogen-bond donors (Lipinski definition) is 1. The van der Waals surface area contributed by atoms with Crippen molar-refractivity contribution in [3.63, 3.8) is 0 Å². The van der Waals surface area contributed by atoms with Crippen LogP contribution in [-0.2, 0) is 16.1 Å². The Morgan fingerprint density at radius 1 is 1.11 bits per heavy atom. The van der Waals surface area contributed by atoms with Crippen LogP contribution in [0.1, 0.15) is 43.5 Å². The fourth-order valence-corrected chi connectivity index (χ4v) is 4.27. The Balaban J connectivity index is 1.59. The predicted molar refractivity (Wildman–Crippen MR) is 133 cm³/mol. The minimum absolute atomic E-state index is 0.172. The molecule has 0 aliphatic carbocycles. The molecule has 1 aliphatic heterocycles. The van der Waals surface area contributed by atoms with E-state index < -0.39 is 29.9 Å². The fraction of sp³-hybridized carbons (Fsp3) is 0.385. The summed E-state index contributed by atoms with van der Waals surface area (Å²) in [5.41, 5.74) is 2.69. The number of likely N-dealkylation sites (tertiary alicyclic amines) is 1. The number of fused-ring (bicyclic) bond motifs is 1. The van der Waals surface area contributed by atoms with Gasteiger partial charge in [0.1, 0.15) is 36.1 Å². The second-order valence-corrected chi connectivity index (χ2v) is 9.33. The minimum Gasteiger partial charge on any atom is -0.348 e. The first-order valence-corrected chi connectivity index (χ1v) is 11.9. The molecule has 1 aromatic carbocycles. The van der Waals surface area contributed by atoms with E-state index in [0.29, 0.717) is 22.3 Å². The number of halogens is 2. The maximum absolute atomic E-state index is 14.3. The number of Topliss-reactive ketones (excluding diaryl/α,β-unsaturated/α-hetero) is 1. The van der Waals surface area contributed by atoms with E-state index in [1.54, 1.807) is 45.3 Å². The number of rotatable bonds is 7. The van der Waals surface area contributed by atoms with E-state index in [9.17, 15) is 23.2 Å². The second-order valence-electron chi connectivity index (χ2n) is 9.33. The van der Waals surface area contributed by atoms with Crippen LogP contribution in [0.4, 0.5) is 8.78 Å². The summed E-state index contributed by atoms with van der Waals surface area (Å²) in [4.78, 5) is 47.7. The zero-order valence-corrected chi connectivity index (χ0v) is 21.1. The monoisotopic (exact) mass is 510 g/mol. The van der Waals surface area contributed by atoms with E-state index in [1.165, 1.54) is 11.6 Å². The highest BCUT2D eigenvalue weighted by Crippen LogP contribution is 2.27. The van der Waals surface area contributed by atoms with Crippen molar-refractivity contribution in [3.8, 4) is 11.1 Å². The van der Waals surface area contributed by atoms with Gasteiger partial charge in [-0.25, -0.2) is 18.7 Å². The fourth-order valence-electron chi connectivity index (χ4n) is 4.27. The molecule has 0 spiro atoms. The number of nitrogens with one attached hydrogen (secondary N) is 1. The Labute approximate surface area is 212 Å². The van der Waals surface area contributed by atoms with Gasteiger partial charge in [0, 0.05) is 36.7 Å². The van der Waals surface area contributed by atoms with Crippen LogP contribution in [0.3, 0.4) is 0 Å². The highest BCUT2D eigenvalue weighted by Gasteiger charge is 2.40. The first-order chi connectivity index (χ1) is 17.5. The summed E-state index contributed by atoms with van der Waals surface area (Å²) in [5.74, 6) is -1.29. The smallest absolute Gasteiger partial charge is 0.245 e. The molecule has 1 saturated heterocycles. The predicted octanol–water partition coefficient (Wildman–Crippen LogP) is 3.32. The molecule has 194 valence electrons. The van der Waals surface area contributed by atoms with Crippen LogP contribution in [-0.4, -0.2) is 67.5 Å². The molecule has 4 rings (SSSR count). The Morgan fingerprint density at radius 3 is 2.46 bits per heavy atom. The third kappa shape index (κ3) is 5.55. The molecular weight excluding hydrogens is 482 g/mol. The zero-order chi connectivity index (χ0) is 26.9. The number of ketones is 1. The Hall–Kier alpha value is -4.02. The van der Waals surface area contributed by atoms with Gasteiger partial charge in [-0.2, -0.15) is 5.10 Å². The lowest BCUT2D eigenvalue weighted by Crippen LogP contribution is -2.47. The SMILES string of the molecule is CC(=O)c1nn(CC(=O)N2C[C@H](F)C[C@H]2C(=O)NCC(F)=C(C)C)c2ccc(-c3cnc(C)nc3)cc12. The summed E-state index contributed by atoms with van der Waals surface area (Å²) < 4.78 is 29.5. The number of nitrogens with zero attached hydrogens (tertiary/aromatic N) is 5. The number of allylic oxidation sites excluding steroid dienone is 1. The molecule has 0 saturated carbocycles. The zero-order valence-electron chi connectivity index (χ0n) is 21.1. The van der Waals surface area contributed by atoms with Gasteiger partial charge in [-0.3, -0.25) is 19.1 Å². The van der Waals surface area contributed by atoms with E-state index in [-0.39, 0.29) is 37.5 Å². The highest BCUT2D eigenvalue weighted by molar-refractivity contribution is 6.06. The van der Waals surface area contributed by atoms with Gasteiger partial charge in [-0.15, -0.1) is 0 Å². The lowest BCUT2D eigenvalue weighted by molar-refractivity contribution is -0.139. The van der Waals surface area contributed by atoms with Crippen molar-refractivity contribution < 1.29 is 23.2 Å². The number of aryl methyl sites for hydroxylation is 1. The van der Waals surface area contributed by atoms with Crippen LogP contribution in [0.5, 0.6) is 0 Å². The molecule has 3 aromatic rings. The highest BCUT2D eigenvalue weighted by atomic mass is 19.1. The molecule has 9 nitrogen and oxygen atoms in total. The molecule has 0 radical (unpaired) electrons. The quantitative estimate of drug-likeness (QED) is 0.489. The van der Waals surface area contributed by atoms with E-state index in [4.69, 9.17) is 0 Å². The molecule has 2 atom stereocenters. The minimum atomic E-state index is -1.38. The molecule has 1 aliphatic rings. The van der Waals surface area contributed by atoms with Gasteiger partial charge in [0.25, 0.3) is 0 Å². The number of carbonyl (C=O) groups excluding carboxylic acids is 3. The maximum Gasteiger partial charge on any atom is 0.245 e. The average Bonchev–Trinajstić information content (AvgIpc) is 3.43. The maximum atomic E-state index is 14.3. The Bertz CT molecular complexity index is 1400. The summed E-state index contributed by atoms with van der Waals surface area (Å²) in [7, 11) is 0. The number of carbonyl (C=O) groups is 3. The van der Waals surface area contributed by atoms with Crippen LogP contribution >= 0.6 is 0 Å². The Morgan fingerprint density at radius 2 is 1.81 bits per heavy atom.